The van der Waals surface area contributed by atoms with Crippen LogP contribution in [0.3, 0.4) is 0 Å². The van der Waals surface area contributed by atoms with Crippen molar-refractivity contribution in [1.29, 1.82) is 0 Å². The summed E-state index contributed by atoms with van der Waals surface area (Å²) in [7, 11) is 3.44. The smallest absolute Gasteiger partial charge is 0.319 e. The molecular formula is C12H20N4O3. The van der Waals surface area contributed by atoms with Crippen molar-refractivity contribution in [2.45, 2.75) is 6.42 Å². The zero-order valence-electron chi connectivity index (χ0n) is 11.4. The Morgan fingerprint density at radius 1 is 1.16 bits per heavy atom. The van der Waals surface area contributed by atoms with Crippen molar-refractivity contribution in [2.75, 3.05) is 46.8 Å². The van der Waals surface area contributed by atoms with Crippen molar-refractivity contribution in [3.05, 3.63) is 0 Å². The summed E-state index contributed by atoms with van der Waals surface area (Å²) in [5.41, 5.74) is 0. The first-order valence-corrected chi connectivity index (χ1v) is 6.50. The number of piperazine rings is 1. The van der Waals surface area contributed by atoms with Crippen LogP contribution in [-0.2, 0) is 9.59 Å². The third-order valence-corrected chi connectivity index (χ3v) is 3.57. The summed E-state index contributed by atoms with van der Waals surface area (Å²) in [4.78, 5) is 40.1. The van der Waals surface area contributed by atoms with E-state index in [1.54, 1.807) is 23.9 Å². The van der Waals surface area contributed by atoms with Gasteiger partial charge in [-0.25, -0.2) is 4.79 Å². The Hall–Kier alpha value is -1.79. The third kappa shape index (κ3) is 2.97. The fourth-order valence-electron chi connectivity index (χ4n) is 2.44. The SMILES string of the molecule is CN(C)C(=O)N1CCN(C(=O)C2CNC(=O)C2)CC1. The molecule has 2 saturated heterocycles. The lowest BCUT2D eigenvalue weighted by molar-refractivity contribution is -0.137. The average Bonchev–Trinajstić information content (AvgIpc) is 2.84. The molecule has 4 amide bonds. The molecule has 2 fully saturated rings. The second-order valence-corrected chi connectivity index (χ2v) is 5.19. The van der Waals surface area contributed by atoms with Crippen molar-refractivity contribution in [3.63, 3.8) is 0 Å². The standard InChI is InChI=1S/C12H20N4O3/c1-14(2)12(19)16-5-3-15(4-6-16)11(18)9-7-10(17)13-8-9/h9H,3-8H2,1-2H3,(H,13,17). The van der Waals surface area contributed by atoms with Gasteiger partial charge in [0.1, 0.15) is 0 Å². The molecule has 7 nitrogen and oxygen atoms in total. The number of hydrogen-bond acceptors (Lipinski definition) is 3. The highest BCUT2D eigenvalue weighted by atomic mass is 16.2. The molecule has 0 aromatic rings. The highest BCUT2D eigenvalue weighted by Crippen LogP contribution is 2.14. The molecule has 2 aliphatic rings. The molecule has 0 spiro atoms. The van der Waals surface area contributed by atoms with Gasteiger partial charge in [-0.3, -0.25) is 9.59 Å². The Kier molecular flexibility index (Phi) is 3.92. The van der Waals surface area contributed by atoms with E-state index in [1.165, 1.54) is 4.90 Å². The maximum atomic E-state index is 12.2. The highest BCUT2D eigenvalue weighted by Gasteiger charge is 2.33. The van der Waals surface area contributed by atoms with E-state index in [2.05, 4.69) is 5.32 Å². The Morgan fingerprint density at radius 2 is 1.74 bits per heavy atom. The van der Waals surface area contributed by atoms with E-state index >= 15 is 0 Å². The molecule has 0 aromatic heterocycles. The number of nitrogens with one attached hydrogen (secondary N) is 1. The van der Waals surface area contributed by atoms with Crippen LogP contribution in [-0.4, -0.2) is 79.4 Å². The van der Waals surface area contributed by atoms with Crippen LogP contribution in [0.25, 0.3) is 0 Å². The number of nitrogens with zero attached hydrogens (tertiary/aromatic N) is 3. The molecule has 0 radical (unpaired) electrons. The monoisotopic (exact) mass is 268 g/mol. The maximum Gasteiger partial charge on any atom is 0.319 e. The van der Waals surface area contributed by atoms with Gasteiger partial charge in [0, 0.05) is 53.2 Å². The lowest BCUT2D eigenvalue weighted by atomic mass is 10.1. The van der Waals surface area contributed by atoms with E-state index in [4.69, 9.17) is 0 Å². The summed E-state index contributed by atoms with van der Waals surface area (Å²) in [6.45, 7) is 2.63. The molecule has 0 saturated carbocycles. The average molecular weight is 268 g/mol. The van der Waals surface area contributed by atoms with Crippen molar-refractivity contribution in [1.82, 2.24) is 20.0 Å². The first-order chi connectivity index (χ1) is 8.99. The molecule has 0 aromatic carbocycles. The van der Waals surface area contributed by atoms with Gasteiger partial charge >= 0.3 is 6.03 Å². The van der Waals surface area contributed by atoms with E-state index in [0.29, 0.717) is 32.7 Å². The summed E-state index contributed by atoms with van der Waals surface area (Å²) < 4.78 is 0. The quantitative estimate of drug-likeness (QED) is 0.659. The van der Waals surface area contributed by atoms with Gasteiger partial charge in [0.05, 0.1) is 5.92 Å². The Labute approximate surface area is 112 Å². The van der Waals surface area contributed by atoms with Gasteiger partial charge in [-0.1, -0.05) is 0 Å². The van der Waals surface area contributed by atoms with E-state index in [9.17, 15) is 14.4 Å². The second-order valence-electron chi connectivity index (χ2n) is 5.19. The number of hydrogen-bond donors (Lipinski definition) is 1. The summed E-state index contributed by atoms with van der Waals surface area (Å²) >= 11 is 0. The minimum Gasteiger partial charge on any atom is -0.355 e. The summed E-state index contributed by atoms with van der Waals surface area (Å²) in [5.74, 6) is -0.265. The minimum absolute atomic E-state index is 0.0233. The number of urea groups is 1. The van der Waals surface area contributed by atoms with Gasteiger partial charge in [-0.05, 0) is 0 Å². The predicted molar refractivity (Wildman–Crippen MR) is 68.4 cm³/mol. The molecule has 2 rings (SSSR count). The van der Waals surface area contributed by atoms with Crippen LogP contribution in [0.15, 0.2) is 0 Å². The van der Waals surface area contributed by atoms with Crippen LogP contribution in [0.4, 0.5) is 4.79 Å². The summed E-state index contributed by atoms with van der Waals surface area (Å²) in [5, 5.41) is 2.67. The zero-order chi connectivity index (χ0) is 14.0. The molecule has 1 atom stereocenters. The lowest BCUT2D eigenvalue weighted by Gasteiger charge is -2.36. The molecule has 0 aliphatic carbocycles. The first kappa shape index (κ1) is 13.6. The van der Waals surface area contributed by atoms with Gasteiger partial charge in [-0.2, -0.15) is 0 Å². The molecule has 0 bridgehead atoms. The van der Waals surface area contributed by atoms with Crippen molar-refractivity contribution in [3.8, 4) is 0 Å². The van der Waals surface area contributed by atoms with Gasteiger partial charge in [0.15, 0.2) is 0 Å². The van der Waals surface area contributed by atoms with Crippen LogP contribution in [0.5, 0.6) is 0 Å². The van der Waals surface area contributed by atoms with Gasteiger partial charge in [-0.15, -0.1) is 0 Å². The fraction of sp³-hybridized carbons (Fsp3) is 0.750. The minimum atomic E-state index is -0.233. The molecule has 2 heterocycles. The van der Waals surface area contributed by atoms with E-state index in [1.807, 2.05) is 0 Å². The number of rotatable bonds is 1. The Balaban J connectivity index is 1.84. The predicted octanol–water partition coefficient (Wildman–Crippen LogP) is -1.05. The molecule has 7 heteroatoms. The molecule has 1 N–H and O–H groups in total. The van der Waals surface area contributed by atoms with Gasteiger partial charge < -0.3 is 20.0 Å². The molecule has 19 heavy (non-hydrogen) atoms. The zero-order valence-corrected chi connectivity index (χ0v) is 11.4. The van der Waals surface area contributed by atoms with Crippen molar-refractivity contribution in [2.24, 2.45) is 5.92 Å². The van der Waals surface area contributed by atoms with Gasteiger partial charge in [0.2, 0.25) is 11.8 Å². The van der Waals surface area contributed by atoms with E-state index in [0.717, 1.165) is 0 Å². The van der Waals surface area contributed by atoms with E-state index in [-0.39, 0.29) is 30.2 Å². The second kappa shape index (κ2) is 5.46. The molecule has 1 unspecified atom stereocenters. The number of amides is 4. The highest BCUT2D eigenvalue weighted by molar-refractivity contribution is 5.89. The largest absolute Gasteiger partial charge is 0.355 e. The third-order valence-electron chi connectivity index (χ3n) is 3.57. The maximum absolute atomic E-state index is 12.2. The molecule has 2 aliphatic heterocycles. The number of carbonyl (C=O) groups is 3. The van der Waals surface area contributed by atoms with Crippen LogP contribution < -0.4 is 5.32 Å². The topological polar surface area (TPSA) is 73.0 Å². The van der Waals surface area contributed by atoms with Crippen LogP contribution in [0, 0.1) is 5.92 Å². The van der Waals surface area contributed by atoms with Gasteiger partial charge in [0.25, 0.3) is 0 Å². The summed E-state index contributed by atoms with van der Waals surface area (Å²) in [6.07, 6.45) is 0.287. The van der Waals surface area contributed by atoms with Crippen molar-refractivity contribution < 1.29 is 14.4 Å². The summed E-state index contributed by atoms with van der Waals surface area (Å²) in [6, 6.07) is -0.0233. The Bertz CT molecular complexity index is 388. The van der Waals surface area contributed by atoms with Crippen LogP contribution >= 0.6 is 0 Å². The molecule has 106 valence electrons. The molecular weight excluding hydrogens is 248 g/mol. The van der Waals surface area contributed by atoms with Crippen LogP contribution in [0.1, 0.15) is 6.42 Å². The van der Waals surface area contributed by atoms with E-state index < -0.39 is 0 Å². The normalized spacial score (nSPS) is 23.3. The first-order valence-electron chi connectivity index (χ1n) is 6.50. The van der Waals surface area contributed by atoms with Crippen LogP contribution in [0.2, 0.25) is 0 Å². The fourth-order valence-corrected chi connectivity index (χ4v) is 2.44. The number of carbonyl (C=O) groups excluding carboxylic acids is 3. The lowest BCUT2D eigenvalue weighted by Crippen LogP contribution is -2.54. The Morgan fingerprint density at radius 3 is 2.21 bits per heavy atom. The van der Waals surface area contributed by atoms with Crippen molar-refractivity contribution >= 4 is 17.8 Å².